The lowest BCUT2D eigenvalue weighted by molar-refractivity contribution is 0.586. The van der Waals surface area contributed by atoms with Crippen LogP contribution in [0, 0.1) is 0 Å². The predicted molar refractivity (Wildman–Crippen MR) is 159 cm³/mol. The molecule has 3 nitrogen and oxygen atoms in total. The standard InChI is InChI=1S/C27H35N3S4/c1-2-3-4-5-6-7-8-12-20-32-26-19-18-23-24(28-26)16-13-17-25(23)33-30-21-29(27(31)34-30)22-14-10-9-11-15-22/h9-11,13-17H,2-8,12,18-21H2,1H3. The molecule has 0 radical (unpaired) electrons. The number of thioether (sulfide) groups is 1. The van der Waals surface area contributed by atoms with E-state index in [4.69, 9.17) is 17.2 Å². The SMILES string of the molecule is CCCCCCCCCCSC1=Nc2cccc(SN3CN(c4ccccc4)C(=S)S3)c2CC1. The summed E-state index contributed by atoms with van der Waals surface area (Å²) in [4.78, 5) is 8.53. The van der Waals surface area contributed by atoms with Crippen LogP contribution in [0.1, 0.15) is 70.3 Å². The Morgan fingerprint density at radius 2 is 1.68 bits per heavy atom. The van der Waals surface area contributed by atoms with Crippen LogP contribution >= 0.6 is 47.9 Å². The molecule has 0 aliphatic carbocycles. The van der Waals surface area contributed by atoms with Crippen LogP contribution in [0.2, 0.25) is 0 Å². The molecule has 4 rings (SSSR count). The fourth-order valence-corrected chi connectivity index (χ4v) is 7.87. The van der Waals surface area contributed by atoms with Gasteiger partial charge < -0.3 is 4.90 Å². The first-order valence-electron chi connectivity index (χ1n) is 12.6. The highest BCUT2D eigenvalue weighted by Gasteiger charge is 2.29. The lowest BCUT2D eigenvalue weighted by Gasteiger charge is -2.21. The number of thiocarbonyl (C=S) groups is 1. The summed E-state index contributed by atoms with van der Waals surface area (Å²) in [5.74, 6) is 1.20. The zero-order valence-electron chi connectivity index (χ0n) is 20.1. The van der Waals surface area contributed by atoms with Crippen LogP contribution in [-0.4, -0.2) is 25.5 Å². The minimum Gasteiger partial charge on any atom is -0.311 e. The second-order valence-corrected chi connectivity index (χ2v) is 12.9. The second kappa shape index (κ2) is 13.9. The third kappa shape index (κ3) is 7.50. The van der Waals surface area contributed by atoms with Crippen LogP contribution < -0.4 is 4.90 Å². The molecule has 0 N–H and O–H groups in total. The maximum absolute atomic E-state index is 5.65. The lowest BCUT2D eigenvalue weighted by Crippen LogP contribution is -2.24. The fraction of sp³-hybridized carbons (Fsp3) is 0.481. The Bertz CT molecular complexity index is 964. The van der Waals surface area contributed by atoms with E-state index in [-0.39, 0.29) is 0 Å². The molecule has 7 heteroatoms. The monoisotopic (exact) mass is 529 g/mol. The summed E-state index contributed by atoms with van der Waals surface area (Å²) in [6.45, 7) is 3.07. The van der Waals surface area contributed by atoms with Crippen molar-refractivity contribution in [3.05, 3.63) is 54.1 Å². The number of anilines is 1. The Morgan fingerprint density at radius 3 is 2.47 bits per heavy atom. The zero-order valence-corrected chi connectivity index (χ0v) is 23.3. The Hall–Kier alpha value is -0.990. The largest absolute Gasteiger partial charge is 0.311 e. The smallest absolute Gasteiger partial charge is 0.158 e. The summed E-state index contributed by atoms with van der Waals surface area (Å²) in [6.07, 6.45) is 13.2. The van der Waals surface area contributed by atoms with Crippen molar-refractivity contribution in [1.82, 2.24) is 3.71 Å². The van der Waals surface area contributed by atoms with Gasteiger partial charge in [0.15, 0.2) is 4.32 Å². The topological polar surface area (TPSA) is 18.8 Å². The van der Waals surface area contributed by atoms with E-state index in [0.29, 0.717) is 0 Å². The average molecular weight is 530 g/mol. The predicted octanol–water partition coefficient (Wildman–Crippen LogP) is 9.26. The van der Waals surface area contributed by atoms with Gasteiger partial charge in [0.05, 0.1) is 17.4 Å². The van der Waals surface area contributed by atoms with E-state index in [9.17, 15) is 0 Å². The van der Waals surface area contributed by atoms with Crippen LogP contribution in [0.3, 0.4) is 0 Å². The van der Waals surface area contributed by atoms with E-state index in [2.05, 4.69) is 58.0 Å². The Kier molecular flexibility index (Phi) is 10.7. The fourth-order valence-electron chi connectivity index (χ4n) is 4.24. The number of hydrogen-bond acceptors (Lipinski definition) is 6. The molecule has 0 saturated carbocycles. The van der Waals surface area contributed by atoms with E-state index in [1.807, 2.05) is 17.8 Å². The minimum atomic E-state index is 0.783. The number of unbranched alkanes of at least 4 members (excludes halogenated alkanes) is 7. The van der Waals surface area contributed by atoms with E-state index in [1.165, 1.54) is 72.6 Å². The first-order valence-corrected chi connectivity index (χ1v) is 15.5. The summed E-state index contributed by atoms with van der Waals surface area (Å²) in [7, 11) is 0. The first-order chi connectivity index (χ1) is 16.7. The third-order valence-corrected chi connectivity index (χ3v) is 9.74. The molecule has 2 aliphatic heterocycles. The van der Waals surface area contributed by atoms with Gasteiger partial charge in [-0.2, -0.15) is 3.71 Å². The van der Waals surface area contributed by atoms with Crippen LogP contribution in [-0.2, 0) is 6.42 Å². The Morgan fingerprint density at radius 1 is 0.912 bits per heavy atom. The van der Waals surface area contributed by atoms with Crippen molar-refractivity contribution in [3.8, 4) is 0 Å². The van der Waals surface area contributed by atoms with Gasteiger partial charge in [0.25, 0.3) is 0 Å². The summed E-state index contributed by atoms with van der Waals surface area (Å²) in [5.41, 5.74) is 3.69. The van der Waals surface area contributed by atoms with E-state index in [1.54, 1.807) is 23.9 Å². The van der Waals surface area contributed by atoms with Gasteiger partial charge in [0.1, 0.15) is 0 Å². The summed E-state index contributed by atoms with van der Waals surface area (Å²) in [6, 6.07) is 17.0. The molecular weight excluding hydrogens is 495 g/mol. The Labute approximate surface area is 223 Å². The van der Waals surface area contributed by atoms with Gasteiger partial charge >= 0.3 is 0 Å². The van der Waals surface area contributed by atoms with Gasteiger partial charge in [-0.3, -0.25) is 0 Å². The highest BCUT2D eigenvalue weighted by atomic mass is 32.2. The second-order valence-electron chi connectivity index (χ2n) is 8.77. The van der Waals surface area contributed by atoms with Crippen molar-refractivity contribution in [2.24, 2.45) is 4.99 Å². The van der Waals surface area contributed by atoms with Gasteiger partial charge in [-0.25, -0.2) is 4.99 Å². The highest BCUT2D eigenvalue weighted by Crippen LogP contribution is 2.42. The Balaban J connectivity index is 1.25. The summed E-state index contributed by atoms with van der Waals surface area (Å²) >= 11 is 11.1. The molecular formula is C27H35N3S4. The molecule has 2 aromatic carbocycles. The zero-order chi connectivity index (χ0) is 23.6. The summed E-state index contributed by atoms with van der Waals surface area (Å²) < 4.78 is 3.18. The molecule has 34 heavy (non-hydrogen) atoms. The maximum Gasteiger partial charge on any atom is 0.158 e. The molecule has 0 atom stereocenters. The molecule has 2 heterocycles. The summed E-state index contributed by atoms with van der Waals surface area (Å²) in [5, 5.41) is 1.31. The number of rotatable bonds is 12. The van der Waals surface area contributed by atoms with Gasteiger partial charge in [-0.15, -0.1) is 11.8 Å². The number of nitrogens with zero attached hydrogens (tertiary/aromatic N) is 3. The molecule has 2 aromatic rings. The van der Waals surface area contributed by atoms with Crippen LogP contribution in [0.15, 0.2) is 58.4 Å². The molecule has 1 fully saturated rings. The number of aliphatic imine (C=N–C) groups is 1. The molecule has 0 unspecified atom stereocenters. The molecule has 0 bridgehead atoms. The minimum absolute atomic E-state index is 0.783. The van der Waals surface area contributed by atoms with Gasteiger partial charge in [0, 0.05) is 22.5 Å². The maximum atomic E-state index is 5.65. The van der Waals surface area contributed by atoms with E-state index in [0.717, 1.165) is 35.2 Å². The van der Waals surface area contributed by atoms with E-state index >= 15 is 0 Å². The van der Waals surface area contributed by atoms with Crippen LogP contribution in [0.4, 0.5) is 11.4 Å². The third-order valence-electron chi connectivity index (χ3n) is 6.13. The van der Waals surface area contributed by atoms with Crippen molar-refractivity contribution >= 4 is 68.6 Å². The van der Waals surface area contributed by atoms with Crippen molar-refractivity contribution < 1.29 is 0 Å². The molecule has 2 aliphatic rings. The van der Waals surface area contributed by atoms with E-state index < -0.39 is 0 Å². The highest BCUT2D eigenvalue weighted by molar-refractivity contribution is 8.27. The molecule has 0 amide bonds. The van der Waals surface area contributed by atoms with Gasteiger partial charge in [-0.1, -0.05) is 88.4 Å². The quantitative estimate of drug-likeness (QED) is 0.154. The molecule has 1 saturated heterocycles. The van der Waals surface area contributed by atoms with Gasteiger partial charge in [0.2, 0.25) is 0 Å². The lowest BCUT2D eigenvalue weighted by atomic mass is 10.1. The first kappa shape index (κ1) is 26.1. The molecule has 0 spiro atoms. The van der Waals surface area contributed by atoms with Crippen LogP contribution in [0.25, 0.3) is 0 Å². The number of hydrogen-bond donors (Lipinski definition) is 0. The molecule has 0 aromatic heterocycles. The number of para-hydroxylation sites is 1. The normalized spacial score (nSPS) is 16.1. The van der Waals surface area contributed by atoms with Crippen LogP contribution in [0.5, 0.6) is 0 Å². The van der Waals surface area contributed by atoms with Crippen molar-refractivity contribution in [3.63, 3.8) is 0 Å². The number of fused-ring (bicyclic) bond motifs is 1. The van der Waals surface area contributed by atoms with Crippen molar-refractivity contribution in [2.45, 2.75) is 76.0 Å². The van der Waals surface area contributed by atoms with Crippen molar-refractivity contribution in [2.75, 3.05) is 17.3 Å². The number of benzene rings is 2. The molecule has 182 valence electrons. The van der Waals surface area contributed by atoms with Crippen molar-refractivity contribution in [1.29, 1.82) is 0 Å². The van der Waals surface area contributed by atoms with Gasteiger partial charge in [-0.05, 0) is 66.8 Å². The average Bonchev–Trinajstić information content (AvgIpc) is 3.23.